The van der Waals surface area contributed by atoms with Gasteiger partial charge in [-0.1, -0.05) is 30.3 Å². The summed E-state index contributed by atoms with van der Waals surface area (Å²) >= 11 is 0. The molecular formula is C17H19NO3. The van der Waals surface area contributed by atoms with Crippen molar-refractivity contribution in [2.75, 3.05) is 13.7 Å². The van der Waals surface area contributed by atoms with Crippen LogP contribution in [0.1, 0.15) is 11.1 Å². The van der Waals surface area contributed by atoms with E-state index in [1.54, 1.807) is 19.2 Å². The van der Waals surface area contributed by atoms with Crippen LogP contribution in [0.15, 0.2) is 48.5 Å². The third-order valence-corrected chi connectivity index (χ3v) is 3.23. The lowest BCUT2D eigenvalue weighted by atomic mass is 10.1. The van der Waals surface area contributed by atoms with Crippen molar-refractivity contribution in [3.63, 3.8) is 0 Å². The first-order valence-corrected chi connectivity index (χ1v) is 6.85. The van der Waals surface area contributed by atoms with Crippen LogP contribution in [-0.2, 0) is 17.6 Å². The molecule has 0 radical (unpaired) electrons. The van der Waals surface area contributed by atoms with Gasteiger partial charge in [-0.05, 0) is 35.7 Å². The summed E-state index contributed by atoms with van der Waals surface area (Å²) in [4.78, 5) is 11.8. The lowest BCUT2D eigenvalue weighted by Crippen LogP contribution is -2.27. The summed E-state index contributed by atoms with van der Waals surface area (Å²) in [6, 6.07) is 14.6. The van der Waals surface area contributed by atoms with Gasteiger partial charge in [0.1, 0.15) is 11.5 Å². The highest BCUT2D eigenvalue weighted by molar-refractivity contribution is 5.78. The molecule has 2 rings (SSSR count). The van der Waals surface area contributed by atoms with Gasteiger partial charge in [-0.2, -0.15) is 0 Å². The van der Waals surface area contributed by atoms with Gasteiger partial charge < -0.3 is 15.2 Å². The lowest BCUT2D eigenvalue weighted by molar-refractivity contribution is -0.120. The molecule has 4 heteroatoms. The van der Waals surface area contributed by atoms with E-state index < -0.39 is 0 Å². The third-order valence-electron chi connectivity index (χ3n) is 3.23. The summed E-state index contributed by atoms with van der Waals surface area (Å²) in [5.74, 6) is 1.01. The third kappa shape index (κ3) is 4.53. The highest BCUT2D eigenvalue weighted by Crippen LogP contribution is 2.15. The van der Waals surface area contributed by atoms with Crippen molar-refractivity contribution in [1.29, 1.82) is 0 Å². The number of benzene rings is 2. The van der Waals surface area contributed by atoms with Gasteiger partial charge >= 0.3 is 0 Å². The maximum atomic E-state index is 11.8. The molecule has 21 heavy (non-hydrogen) atoms. The van der Waals surface area contributed by atoms with Crippen molar-refractivity contribution < 1.29 is 14.6 Å². The number of hydrogen-bond acceptors (Lipinski definition) is 3. The zero-order valence-electron chi connectivity index (χ0n) is 12.0. The molecule has 1 amide bonds. The molecule has 2 aromatic carbocycles. The smallest absolute Gasteiger partial charge is 0.224 e. The van der Waals surface area contributed by atoms with Gasteiger partial charge in [-0.3, -0.25) is 4.79 Å². The summed E-state index contributed by atoms with van der Waals surface area (Å²) in [7, 11) is 1.61. The van der Waals surface area contributed by atoms with E-state index in [1.165, 1.54) is 0 Å². The predicted octanol–water partition coefficient (Wildman–Crippen LogP) is 2.30. The molecular weight excluding hydrogens is 266 g/mol. The molecule has 0 saturated heterocycles. The van der Waals surface area contributed by atoms with Gasteiger partial charge in [0.05, 0.1) is 13.5 Å². The molecule has 2 N–H and O–H groups in total. The minimum atomic E-state index is -0.0319. The van der Waals surface area contributed by atoms with Crippen LogP contribution < -0.4 is 10.1 Å². The predicted molar refractivity (Wildman–Crippen MR) is 81.5 cm³/mol. The van der Waals surface area contributed by atoms with Crippen LogP contribution in [0.4, 0.5) is 0 Å². The van der Waals surface area contributed by atoms with E-state index in [-0.39, 0.29) is 11.7 Å². The van der Waals surface area contributed by atoms with Crippen LogP contribution in [0.3, 0.4) is 0 Å². The van der Waals surface area contributed by atoms with E-state index in [1.807, 2.05) is 36.4 Å². The van der Waals surface area contributed by atoms with Crippen molar-refractivity contribution in [1.82, 2.24) is 5.32 Å². The number of hydrogen-bond donors (Lipinski definition) is 2. The fraction of sp³-hybridized carbons (Fsp3) is 0.235. The summed E-state index contributed by atoms with van der Waals surface area (Å²) in [6.45, 7) is 0.507. The Morgan fingerprint density at radius 1 is 1.14 bits per heavy atom. The van der Waals surface area contributed by atoms with Crippen LogP contribution in [-0.4, -0.2) is 24.7 Å². The first kappa shape index (κ1) is 14.9. The second-order valence-corrected chi connectivity index (χ2v) is 4.75. The van der Waals surface area contributed by atoms with Crippen LogP contribution in [0.2, 0.25) is 0 Å². The number of ether oxygens (including phenoxy) is 1. The standard InChI is InChI=1S/C17H19NO3/c1-21-15-8-6-13(7-9-15)12-17(20)18-11-10-14-4-2-3-5-16(14)19/h2-9,19H,10-12H2,1H3,(H,18,20). The quantitative estimate of drug-likeness (QED) is 0.856. The summed E-state index contributed by atoms with van der Waals surface area (Å²) in [5, 5.41) is 12.5. The Kier molecular flexibility index (Phi) is 5.21. The zero-order chi connectivity index (χ0) is 15.1. The number of rotatable bonds is 6. The van der Waals surface area contributed by atoms with Gasteiger partial charge in [-0.15, -0.1) is 0 Å². The molecule has 0 unspecified atom stereocenters. The summed E-state index contributed by atoms with van der Waals surface area (Å²) in [5.41, 5.74) is 1.78. The number of methoxy groups -OCH3 is 1. The average Bonchev–Trinajstić information content (AvgIpc) is 2.50. The molecule has 0 spiro atoms. The Hall–Kier alpha value is -2.49. The number of phenols is 1. The van der Waals surface area contributed by atoms with Crippen molar-refractivity contribution in [3.8, 4) is 11.5 Å². The van der Waals surface area contributed by atoms with Crippen LogP contribution >= 0.6 is 0 Å². The van der Waals surface area contributed by atoms with Crippen LogP contribution in [0.5, 0.6) is 11.5 Å². The molecule has 2 aromatic rings. The van der Waals surface area contributed by atoms with Gasteiger partial charge in [0.25, 0.3) is 0 Å². The molecule has 0 bridgehead atoms. The highest BCUT2D eigenvalue weighted by Gasteiger charge is 2.04. The Labute approximate surface area is 124 Å². The van der Waals surface area contributed by atoms with Crippen molar-refractivity contribution >= 4 is 5.91 Å². The normalized spacial score (nSPS) is 10.1. The monoisotopic (exact) mass is 285 g/mol. The number of para-hydroxylation sites is 1. The number of carbonyl (C=O) groups is 1. The van der Waals surface area contributed by atoms with E-state index in [9.17, 15) is 9.90 Å². The first-order valence-electron chi connectivity index (χ1n) is 6.85. The minimum Gasteiger partial charge on any atom is -0.508 e. The molecule has 0 atom stereocenters. The molecule has 0 aromatic heterocycles. The first-order chi connectivity index (χ1) is 10.2. The van der Waals surface area contributed by atoms with E-state index in [2.05, 4.69) is 5.32 Å². The van der Waals surface area contributed by atoms with Gasteiger partial charge in [0.15, 0.2) is 0 Å². The number of carbonyl (C=O) groups excluding carboxylic acids is 1. The van der Waals surface area contributed by atoms with E-state index >= 15 is 0 Å². The number of aromatic hydroxyl groups is 1. The Balaban J connectivity index is 1.78. The maximum Gasteiger partial charge on any atom is 0.224 e. The van der Waals surface area contributed by atoms with Crippen molar-refractivity contribution in [2.24, 2.45) is 0 Å². The molecule has 4 nitrogen and oxygen atoms in total. The molecule has 0 heterocycles. The second kappa shape index (κ2) is 7.33. The lowest BCUT2D eigenvalue weighted by Gasteiger charge is -2.07. The Morgan fingerprint density at radius 2 is 1.86 bits per heavy atom. The van der Waals surface area contributed by atoms with E-state index in [4.69, 9.17) is 4.74 Å². The maximum absolute atomic E-state index is 11.8. The second-order valence-electron chi connectivity index (χ2n) is 4.75. The van der Waals surface area contributed by atoms with Crippen LogP contribution in [0, 0.1) is 0 Å². The largest absolute Gasteiger partial charge is 0.508 e. The topological polar surface area (TPSA) is 58.6 Å². The highest BCUT2D eigenvalue weighted by atomic mass is 16.5. The average molecular weight is 285 g/mol. The molecule has 0 aliphatic heterocycles. The van der Waals surface area contributed by atoms with Gasteiger partial charge in [0, 0.05) is 6.54 Å². The zero-order valence-corrected chi connectivity index (χ0v) is 12.0. The molecule has 0 saturated carbocycles. The summed E-state index contributed by atoms with van der Waals surface area (Å²) < 4.78 is 5.08. The van der Waals surface area contributed by atoms with Crippen molar-refractivity contribution in [3.05, 3.63) is 59.7 Å². The Bertz CT molecular complexity index is 593. The summed E-state index contributed by atoms with van der Waals surface area (Å²) in [6.07, 6.45) is 0.950. The Morgan fingerprint density at radius 3 is 2.52 bits per heavy atom. The molecule has 0 aliphatic carbocycles. The SMILES string of the molecule is COc1ccc(CC(=O)NCCc2ccccc2O)cc1. The van der Waals surface area contributed by atoms with Gasteiger partial charge in [-0.25, -0.2) is 0 Å². The van der Waals surface area contributed by atoms with Crippen LogP contribution in [0.25, 0.3) is 0 Å². The number of nitrogens with one attached hydrogen (secondary N) is 1. The van der Waals surface area contributed by atoms with E-state index in [0.29, 0.717) is 19.4 Å². The molecule has 0 fully saturated rings. The molecule has 0 aliphatic rings. The fourth-order valence-electron chi connectivity index (χ4n) is 2.05. The van der Waals surface area contributed by atoms with Crippen molar-refractivity contribution in [2.45, 2.75) is 12.8 Å². The number of phenolic OH excluding ortho intramolecular Hbond substituents is 1. The van der Waals surface area contributed by atoms with E-state index in [0.717, 1.165) is 16.9 Å². The minimum absolute atomic E-state index is 0.0319. The fourth-order valence-corrected chi connectivity index (χ4v) is 2.05. The van der Waals surface area contributed by atoms with Gasteiger partial charge in [0.2, 0.25) is 5.91 Å². The number of amides is 1. The molecule has 110 valence electrons.